The summed E-state index contributed by atoms with van der Waals surface area (Å²) in [5, 5.41) is 15.7. The van der Waals surface area contributed by atoms with Gasteiger partial charge in [-0.2, -0.15) is 5.10 Å². The van der Waals surface area contributed by atoms with E-state index in [1.807, 2.05) is 0 Å². The van der Waals surface area contributed by atoms with Gasteiger partial charge >= 0.3 is 0 Å². The van der Waals surface area contributed by atoms with Gasteiger partial charge in [0.1, 0.15) is 16.9 Å². The van der Waals surface area contributed by atoms with E-state index in [-0.39, 0.29) is 5.88 Å². The van der Waals surface area contributed by atoms with Crippen molar-refractivity contribution in [3.63, 3.8) is 0 Å². The van der Waals surface area contributed by atoms with Crippen LogP contribution in [0.25, 0.3) is 11.0 Å². The highest BCUT2D eigenvalue weighted by molar-refractivity contribution is 7.80. The fourth-order valence-corrected chi connectivity index (χ4v) is 1.02. The van der Waals surface area contributed by atoms with Crippen molar-refractivity contribution in [3.05, 3.63) is 6.33 Å². The Balaban J connectivity index is 2.94. The first-order chi connectivity index (χ1) is 5.29. The zero-order chi connectivity index (χ0) is 7.84. The standard InChI is InChI=1S/C5H4N4OS/c10-4-2-3(8-9-4)5(11)7-1-6-2/h1H,(H,6,7,11)(H2,8,9,10). The van der Waals surface area contributed by atoms with Crippen molar-refractivity contribution in [2.45, 2.75) is 5.03 Å². The van der Waals surface area contributed by atoms with Crippen LogP contribution in [-0.2, 0) is 0 Å². The molecule has 56 valence electrons. The van der Waals surface area contributed by atoms with Gasteiger partial charge in [0.25, 0.3) is 0 Å². The predicted octanol–water partition coefficient (Wildman–Crippen LogP) is 0.347. The predicted molar refractivity (Wildman–Crippen MR) is 40.6 cm³/mol. The number of rotatable bonds is 0. The molecule has 0 aliphatic carbocycles. The zero-order valence-electron chi connectivity index (χ0n) is 5.31. The number of aromatic hydroxyl groups is 1. The molecule has 0 fully saturated rings. The third-order valence-corrected chi connectivity index (χ3v) is 1.63. The fourth-order valence-electron chi connectivity index (χ4n) is 0.808. The van der Waals surface area contributed by atoms with Crippen molar-refractivity contribution < 1.29 is 5.11 Å². The number of nitrogens with zero attached hydrogens (tertiary/aromatic N) is 3. The van der Waals surface area contributed by atoms with Crippen LogP contribution < -0.4 is 0 Å². The summed E-state index contributed by atoms with van der Waals surface area (Å²) in [4.78, 5) is 7.58. The minimum atomic E-state index is -0.0577. The molecule has 2 N–H and O–H groups in total. The van der Waals surface area contributed by atoms with E-state index in [0.29, 0.717) is 16.1 Å². The molecule has 0 aliphatic heterocycles. The number of hydrogen-bond acceptors (Lipinski definition) is 5. The molecule has 0 atom stereocenters. The lowest BCUT2D eigenvalue weighted by Gasteiger charge is -1.88. The number of H-pyrrole nitrogens is 1. The van der Waals surface area contributed by atoms with Gasteiger partial charge in [0.05, 0.1) is 0 Å². The van der Waals surface area contributed by atoms with Crippen LogP contribution in [0.1, 0.15) is 0 Å². The molecule has 2 heterocycles. The summed E-state index contributed by atoms with van der Waals surface area (Å²) in [6.07, 6.45) is 1.32. The number of hydrogen-bond donors (Lipinski definition) is 3. The molecule has 2 rings (SSSR count). The maximum absolute atomic E-state index is 9.09. The zero-order valence-corrected chi connectivity index (χ0v) is 6.21. The maximum Gasteiger partial charge on any atom is 0.234 e. The van der Waals surface area contributed by atoms with Gasteiger partial charge in [-0.3, -0.25) is 0 Å². The molecule has 0 aromatic carbocycles. The van der Waals surface area contributed by atoms with Crippen LogP contribution in [0.15, 0.2) is 11.4 Å². The van der Waals surface area contributed by atoms with Crippen LogP contribution in [-0.4, -0.2) is 25.3 Å². The number of aromatic nitrogens is 4. The molecule has 0 radical (unpaired) electrons. The molecule has 11 heavy (non-hydrogen) atoms. The SMILES string of the molecule is Oc1[nH]nc2c(S)ncnc12. The molecule has 5 nitrogen and oxygen atoms in total. The van der Waals surface area contributed by atoms with Crippen LogP contribution >= 0.6 is 12.6 Å². The minimum absolute atomic E-state index is 0.0577. The number of fused-ring (bicyclic) bond motifs is 1. The van der Waals surface area contributed by atoms with Crippen LogP contribution in [0.2, 0.25) is 0 Å². The molecule has 6 heteroatoms. The van der Waals surface area contributed by atoms with Gasteiger partial charge in [0, 0.05) is 0 Å². The summed E-state index contributed by atoms with van der Waals surface area (Å²) >= 11 is 4.02. The third-order valence-electron chi connectivity index (χ3n) is 1.30. The van der Waals surface area contributed by atoms with E-state index in [1.165, 1.54) is 6.33 Å². The highest BCUT2D eigenvalue weighted by Crippen LogP contribution is 2.21. The first-order valence-electron chi connectivity index (χ1n) is 2.86. The Morgan fingerprint density at radius 1 is 1.36 bits per heavy atom. The summed E-state index contributed by atoms with van der Waals surface area (Å²) < 4.78 is 0. The van der Waals surface area contributed by atoms with Crippen molar-refractivity contribution in [1.29, 1.82) is 0 Å². The first kappa shape index (κ1) is 6.41. The van der Waals surface area contributed by atoms with E-state index in [9.17, 15) is 0 Å². The molecule has 0 bridgehead atoms. The molecule has 2 aromatic rings. The number of nitrogens with one attached hydrogen (secondary N) is 1. The Morgan fingerprint density at radius 2 is 2.18 bits per heavy atom. The second-order valence-electron chi connectivity index (χ2n) is 1.97. The van der Waals surface area contributed by atoms with E-state index in [0.717, 1.165) is 0 Å². The van der Waals surface area contributed by atoms with E-state index in [1.54, 1.807) is 0 Å². The number of thiol groups is 1. The van der Waals surface area contributed by atoms with Crippen molar-refractivity contribution in [3.8, 4) is 5.88 Å². The summed E-state index contributed by atoms with van der Waals surface area (Å²) in [5.41, 5.74) is 0.873. The number of aromatic amines is 1. The quantitative estimate of drug-likeness (QED) is 0.392. The minimum Gasteiger partial charge on any atom is -0.492 e. The van der Waals surface area contributed by atoms with Gasteiger partial charge < -0.3 is 5.11 Å². The fraction of sp³-hybridized carbons (Fsp3) is 0. The molecule has 0 aliphatic rings. The molecular formula is C5H4N4OS. The highest BCUT2D eigenvalue weighted by Gasteiger charge is 2.07. The molecular weight excluding hydrogens is 164 g/mol. The Kier molecular flexibility index (Phi) is 1.22. The van der Waals surface area contributed by atoms with Crippen LogP contribution in [0, 0.1) is 0 Å². The Labute approximate surface area is 66.9 Å². The van der Waals surface area contributed by atoms with Gasteiger partial charge in [-0.15, -0.1) is 12.6 Å². The van der Waals surface area contributed by atoms with Crippen molar-refractivity contribution >= 4 is 23.7 Å². The molecule has 2 aromatic heterocycles. The maximum atomic E-state index is 9.09. The lowest BCUT2D eigenvalue weighted by atomic mass is 10.5. The first-order valence-corrected chi connectivity index (χ1v) is 3.31. The molecule has 0 saturated carbocycles. The highest BCUT2D eigenvalue weighted by atomic mass is 32.1. The second-order valence-corrected chi connectivity index (χ2v) is 2.39. The Morgan fingerprint density at radius 3 is 2.91 bits per heavy atom. The largest absolute Gasteiger partial charge is 0.492 e. The van der Waals surface area contributed by atoms with Crippen molar-refractivity contribution in [2.24, 2.45) is 0 Å². The monoisotopic (exact) mass is 168 g/mol. The van der Waals surface area contributed by atoms with E-state index in [4.69, 9.17) is 5.11 Å². The molecule has 0 unspecified atom stereocenters. The lowest BCUT2D eigenvalue weighted by molar-refractivity contribution is 0.456. The van der Waals surface area contributed by atoms with E-state index in [2.05, 4.69) is 32.8 Å². The Bertz CT molecular complexity index is 398. The van der Waals surface area contributed by atoms with Gasteiger partial charge in [-0.1, -0.05) is 0 Å². The normalized spacial score (nSPS) is 10.6. The molecule has 0 spiro atoms. The Hall–Kier alpha value is -1.30. The topological polar surface area (TPSA) is 74.7 Å². The third kappa shape index (κ3) is 0.829. The van der Waals surface area contributed by atoms with Crippen molar-refractivity contribution in [1.82, 2.24) is 20.2 Å². The second kappa shape index (κ2) is 2.09. The van der Waals surface area contributed by atoms with E-state index < -0.39 is 0 Å². The molecule has 0 saturated heterocycles. The van der Waals surface area contributed by atoms with Gasteiger partial charge in [0.15, 0.2) is 5.52 Å². The molecule has 0 amide bonds. The summed E-state index contributed by atoms with van der Waals surface area (Å²) in [6, 6.07) is 0. The summed E-state index contributed by atoms with van der Waals surface area (Å²) in [5.74, 6) is -0.0577. The average Bonchev–Trinajstić information content (AvgIpc) is 2.35. The van der Waals surface area contributed by atoms with Gasteiger partial charge in [0.2, 0.25) is 5.88 Å². The smallest absolute Gasteiger partial charge is 0.234 e. The van der Waals surface area contributed by atoms with E-state index >= 15 is 0 Å². The van der Waals surface area contributed by atoms with Crippen LogP contribution in [0.5, 0.6) is 5.88 Å². The van der Waals surface area contributed by atoms with Crippen molar-refractivity contribution in [2.75, 3.05) is 0 Å². The van der Waals surface area contributed by atoms with Crippen LogP contribution in [0.3, 0.4) is 0 Å². The summed E-state index contributed by atoms with van der Waals surface area (Å²) in [7, 11) is 0. The lowest BCUT2D eigenvalue weighted by Crippen LogP contribution is -1.80. The van der Waals surface area contributed by atoms with Gasteiger partial charge in [-0.05, 0) is 0 Å². The van der Waals surface area contributed by atoms with Crippen LogP contribution in [0.4, 0.5) is 0 Å². The summed E-state index contributed by atoms with van der Waals surface area (Å²) in [6.45, 7) is 0. The van der Waals surface area contributed by atoms with Gasteiger partial charge in [-0.25, -0.2) is 15.1 Å². The average molecular weight is 168 g/mol.